The Morgan fingerprint density at radius 1 is 1.12 bits per heavy atom. The molecule has 32 heavy (non-hydrogen) atoms. The second kappa shape index (κ2) is 12.3. The minimum atomic E-state index is -0.0358. The van der Waals surface area contributed by atoms with E-state index >= 15 is 0 Å². The highest BCUT2D eigenvalue weighted by molar-refractivity contribution is 5.79. The maximum absolute atomic E-state index is 9.44. The molecule has 1 unspecified atom stereocenters. The van der Waals surface area contributed by atoms with Crippen molar-refractivity contribution in [1.82, 2.24) is 10.6 Å². The van der Waals surface area contributed by atoms with Crippen LogP contribution in [0.25, 0.3) is 0 Å². The zero-order valence-electron chi connectivity index (χ0n) is 19.1. The van der Waals surface area contributed by atoms with Crippen LogP contribution in [0, 0.1) is 5.41 Å². The van der Waals surface area contributed by atoms with Gasteiger partial charge in [-0.05, 0) is 43.0 Å². The molecule has 1 fully saturated rings. The maximum atomic E-state index is 9.44. The van der Waals surface area contributed by atoms with Crippen molar-refractivity contribution in [3.05, 3.63) is 59.7 Å². The number of nitrogens with one attached hydrogen (secondary N) is 2. The molecule has 1 aliphatic rings. The van der Waals surface area contributed by atoms with Gasteiger partial charge in [-0.2, -0.15) is 0 Å². The average Bonchev–Trinajstić information content (AvgIpc) is 3.29. The van der Waals surface area contributed by atoms with Crippen molar-refractivity contribution in [2.45, 2.75) is 32.9 Å². The van der Waals surface area contributed by atoms with Crippen LogP contribution < -0.4 is 20.1 Å². The van der Waals surface area contributed by atoms with Crippen molar-refractivity contribution in [3.8, 4) is 11.5 Å². The lowest BCUT2D eigenvalue weighted by atomic mass is 9.84. The summed E-state index contributed by atoms with van der Waals surface area (Å²) in [4.78, 5) is 4.73. The van der Waals surface area contributed by atoms with Crippen LogP contribution in [0.4, 0.5) is 0 Å². The third kappa shape index (κ3) is 6.87. The zero-order valence-corrected chi connectivity index (χ0v) is 19.1. The standard InChI is InChI=1S/C25H35N3O4/c1-3-26-24(28-18-25(11-13-29)12-14-31-19-25)27-16-21-9-10-22(23(15-21)30-2)32-17-20-7-5-4-6-8-20/h4-10,15,29H,3,11-14,16-19H2,1-2H3,(H2,26,27,28). The van der Waals surface area contributed by atoms with E-state index in [4.69, 9.17) is 19.2 Å². The molecule has 3 N–H and O–H groups in total. The minimum absolute atomic E-state index is 0.0358. The van der Waals surface area contributed by atoms with Crippen LogP contribution in [0.5, 0.6) is 11.5 Å². The van der Waals surface area contributed by atoms with E-state index in [0.29, 0.717) is 31.3 Å². The van der Waals surface area contributed by atoms with Gasteiger partial charge in [0.05, 0.1) is 20.3 Å². The lowest BCUT2D eigenvalue weighted by Crippen LogP contribution is -2.44. The number of aliphatic imine (C=N–C) groups is 1. The van der Waals surface area contributed by atoms with Gasteiger partial charge in [0.2, 0.25) is 0 Å². The van der Waals surface area contributed by atoms with Crippen LogP contribution >= 0.6 is 0 Å². The van der Waals surface area contributed by atoms with E-state index in [1.807, 2.05) is 55.5 Å². The fourth-order valence-electron chi connectivity index (χ4n) is 3.76. The number of ether oxygens (including phenoxy) is 3. The number of methoxy groups -OCH3 is 1. The molecule has 1 saturated heterocycles. The molecule has 7 heteroatoms. The van der Waals surface area contributed by atoms with Gasteiger partial charge in [0.1, 0.15) is 6.61 Å². The summed E-state index contributed by atoms with van der Waals surface area (Å²) in [5.41, 5.74) is 2.10. The van der Waals surface area contributed by atoms with Crippen LogP contribution in [0.3, 0.4) is 0 Å². The largest absolute Gasteiger partial charge is 0.493 e. The molecule has 174 valence electrons. The molecule has 0 radical (unpaired) electrons. The first-order valence-electron chi connectivity index (χ1n) is 11.2. The monoisotopic (exact) mass is 441 g/mol. The number of nitrogens with zero attached hydrogens (tertiary/aromatic N) is 1. The lowest BCUT2D eigenvalue weighted by molar-refractivity contribution is 0.127. The molecular weight excluding hydrogens is 406 g/mol. The molecule has 3 rings (SSSR count). The molecule has 7 nitrogen and oxygen atoms in total. The average molecular weight is 442 g/mol. The normalized spacial score (nSPS) is 18.4. The molecule has 0 spiro atoms. The van der Waals surface area contributed by atoms with Crippen LogP contribution in [-0.4, -0.2) is 51.1 Å². The van der Waals surface area contributed by atoms with Crippen molar-refractivity contribution in [2.75, 3.05) is 40.0 Å². The van der Waals surface area contributed by atoms with E-state index in [1.54, 1.807) is 7.11 Å². The first-order valence-corrected chi connectivity index (χ1v) is 11.2. The second-order valence-corrected chi connectivity index (χ2v) is 8.08. The SMILES string of the molecule is CCNC(=NCc1ccc(OCc2ccccc2)c(OC)c1)NCC1(CCO)CCOC1. The van der Waals surface area contributed by atoms with Crippen LogP contribution in [0.1, 0.15) is 30.9 Å². The summed E-state index contributed by atoms with van der Waals surface area (Å²) in [5, 5.41) is 16.2. The quantitative estimate of drug-likeness (QED) is 0.367. The molecule has 2 aromatic carbocycles. The molecular formula is C25H35N3O4. The number of hydrogen-bond acceptors (Lipinski definition) is 5. The molecule has 0 aromatic heterocycles. The van der Waals surface area contributed by atoms with Gasteiger partial charge >= 0.3 is 0 Å². The highest BCUT2D eigenvalue weighted by Gasteiger charge is 2.34. The highest BCUT2D eigenvalue weighted by atomic mass is 16.5. The predicted molar refractivity (Wildman–Crippen MR) is 126 cm³/mol. The summed E-state index contributed by atoms with van der Waals surface area (Å²) in [6.45, 7) is 6.10. The van der Waals surface area contributed by atoms with Gasteiger partial charge in [-0.3, -0.25) is 0 Å². The molecule has 2 aromatic rings. The number of benzene rings is 2. The van der Waals surface area contributed by atoms with E-state index in [0.717, 1.165) is 49.6 Å². The number of guanidine groups is 1. The second-order valence-electron chi connectivity index (χ2n) is 8.08. The first-order chi connectivity index (χ1) is 15.7. The number of aliphatic hydroxyl groups excluding tert-OH is 1. The Balaban J connectivity index is 1.61. The predicted octanol–water partition coefficient (Wildman–Crippen LogP) is 3.12. The fourth-order valence-corrected chi connectivity index (χ4v) is 3.76. The molecule has 0 amide bonds. The molecule has 1 aliphatic heterocycles. The lowest BCUT2D eigenvalue weighted by Gasteiger charge is -2.27. The van der Waals surface area contributed by atoms with Gasteiger partial charge < -0.3 is 30.0 Å². The third-order valence-electron chi connectivity index (χ3n) is 5.69. The topological polar surface area (TPSA) is 84.3 Å². The van der Waals surface area contributed by atoms with E-state index in [2.05, 4.69) is 10.6 Å². The van der Waals surface area contributed by atoms with Gasteiger partial charge in [-0.15, -0.1) is 0 Å². The van der Waals surface area contributed by atoms with Gasteiger partial charge in [0, 0.05) is 31.7 Å². The van der Waals surface area contributed by atoms with Crippen molar-refractivity contribution in [2.24, 2.45) is 10.4 Å². The Morgan fingerprint density at radius 2 is 1.97 bits per heavy atom. The Bertz CT molecular complexity index is 852. The zero-order chi connectivity index (χ0) is 22.7. The molecule has 0 saturated carbocycles. The van der Waals surface area contributed by atoms with Gasteiger partial charge in [0.15, 0.2) is 17.5 Å². The Kier molecular flexibility index (Phi) is 9.19. The molecule has 0 aliphatic carbocycles. The van der Waals surface area contributed by atoms with Crippen molar-refractivity contribution in [1.29, 1.82) is 0 Å². The van der Waals surface area contributed by atoms with Crippen molar-refractivity contribution >= 4 is 5.96 Å². The minimum Gasteiger partial charge on any atom is -0.493 e. The summed E-state index contributed by atoms with van der Waals surface area (Å²) < 4.78 is 17.1. The summed E-state index contributed by atoms with van der Waals surface area (Å²) in [6, 6.07) is 16.0. The van der Waals surface area contributed by atoms with E-state index < -0.39 is 0 Å². The van der Waals surface area contributed by atoms with E-state index in [9.17, 15) is 5.11 Å². The summed E-state index contributed by atoms with van der Waals surface area (Å²) >= 11 is 0. The van der Waals surface area contributed by atoms with Gasteiger partial charge in [-0.25, -0.2) is 4.99 Å². The third-order valence-corrected chi connectivity index (χ3v) is 5.69. The number of aliphatic hydroxyl groups is 1. The summed E-state index contributed by atoms with van der Waals surface area (Å²) in [7, 11) is 1.65. The van der Waals surface area contributed by atoms with Crippen LogP contribution in [0.2, 0.25) is 0 Å². The Morgan fingerprint density at radius 3 is 2.66 bits per heavy atom. The first kappa shape index (κ1) is 23.9. The van der Waals surface area contributed by atoms with Crippen LogP contribution in [-0.2, 0) is 17.9 Å². The maximum Gasteiger partial charge on any atom is 0.191 e. The summed E-state index contributed by atoms with van der Waals surface area (Å²) in [6.07, 6.45) is 1.67. The summed E-state index contributed by atoms with van der Waals surface area (Å²) in [5.74, 6) is 2.15. The van der Waals surface area contributed by atoms with Gasteiger partial charge in [0.25, 0.3) is 0 Å². The molecule has 0 bridgehead atoms. The fraction of sp³-hybridized carbons (Fsp3) is 0.480. The smallest absolute Gasteiger partial charge is 0.191 e. The molecule has 1 atom stereocenters. The number of hydrogen-bond donors (Lipinski definition) is 3. The van der Waals surface area contributed by atoms with E-state index in [1.165, 1.54) is 0 Å². The Labute approximate surface area is 190 Å². The highest BCUT2D eigenvalue weighted by Crippen LogP contribution is 2.31. The van der Waals surface area contributed by atoms with Crippen LogP contribution in [0.15, 0.2) is 53.5 Å². The van der Waals surface area contributed by atoms with E-state index in [-0.39, 0.29) is 12.0 Å². The number of rotatable bonds is 11. The van der Waals surface area contributed by atoms with Crippen molar-refractivity contribution < 1.29 is 19.3 Å². The Hall–Kier alpha value is -2.77. The van der Waals surface area contributed by atoms with Gasteiger partial charge in [-0.1, -0.05) is 36.4 Å². The van der Waals surface area contributed by atoms with Crippen molar-refractivity contribution in [3.63, 3.8) is 0 Å². The molecule has 1 heterocycles.